The molecule has 2 atom stereocenters. The van der Waals surface area contributed by atoms with E-state index >= 15 is 0 Å². The molecule has 150 valence electrons. The third-order valence-electron chi connectivity index (χ3n) is 5.67. The predicted octanol–water partition coefficient (Wildman–Crippen LogP) is 3.25. The fourth-order valence-electron chi connectivity index (χ4n) is 4.52. The van der Waals surface area contributed by atoms with Gasteiger partial charge in [0.15, 0.2) is 18.1 Å². The van der Waals surface area contributed by atoms with Gasteiger partial charge in [-0.1, -0.05) is 18.6 Å². The molecule has 2 aliphatic rings. The third kappa shape index (κ3) is 5.39. The van der Waals surface area contributed by atoms with Crippen molar-refractivity contribution in [1.82, 2.24) is 5.32 Å². The maximum Gasteiger partial charge on any atom is 0.258 e. The van der Waals surface area contributed by atoms with Crippen LogP contribution in [0.25, 0.3) is 0 Å². The average molecular weight is 395 g/mol. The molecule has 0 aliphatic heterocycles. The first-order valence-corrected chi connectivity index (χ1v) is 9.56. The van der Waals surface area contributed by atoms with Crippen molar-refractivity contribution in [1.29, 1.82) is 0 Å². The average Bonchev–Trinajstić information content (AvgIpc) is 2.61. The van der Waals surface area contributed by atoms with Crippen LogP contribution in [0.5, 0.6) is 11.5 Å². The number of hydrogen-bond donors (Lipinski definition) is 2. The van der Waals surface area contributed by atoms with Crippen LogP contribution in [0.2, 0.25) is 0 Å². The molecule has 27 heavy (non-hydrogen) atoms. The Hall–Kier alpha value is -1.72. The highest BCUT2D eigenvalue weighted by atomic mass is 35.5. The molecule has 1 aromatic rings. The van der Waals surface area contributed by atoms with Crippen LogP contribution in [0.15, 0.2) is 30.9 Å². The molecule has 0 radical (unpaired) electrons. The van der Waals surface area contributed by atoms with Crippen LogP contribution in [-0.2, 0) is 11.2 Å². The highest BCUT2D eigenvalue weighted by Gasteiger charge is 2.39. The van der Waals surface area contributed by atoms with Crippen LogP contribution in [0, 0.1) is 11.8 Å². The fraction of sp³-hybridized carbons (Fsp3) is 0.571. The van der Waals surface area contributed by atoms with Gasteiger partial charge in [0, 0.05) is 12.1 Å². The Morgan fingerprint density at radius 1 is 1.30 bits per heavy atom. The molecule has 6 heteroatoms. The first kappa shape index (κ1) is 21.6. The molecule has 5 nitrogen and oxygen atoms in total. The SMILES string of the molecule is C=CCc1ccc(OCC(=O)NC2C3CCCC2CC(N)C3)c(OC)c1.Cl. The molecule has 0 aromatic heterocycles. The lowest BCUT2D eigenvalue weighted by molar-refractivity contribution is -0.125. The number of carbonyl (C=O) groups excluding carboxylic acids is 1. The van der Waals surface area contributed by atoms with Gasteiger partial charge in [-0.15, -0.1) is 19.0 Å². The first-order valence-electron chi connectivity index (χ1n) is 9.56. The second-order valence-corrected chi connectivity index (χ2v) is 7.54. The summed E-state index contributed by atoms with van der Waals surface area (Å²) < 4.78 is 11.1. The van der Waals surface area contributed by atoms with Crippen molar-refractivity contribution in [3.63, 3.8) is 0 Å². The molecular formula is C21H31ClN2O3. The highest BCUT2D eigenvalue weighted by molar-refractivity contribution is 5.85. The molecule has 2 saturated carbocycles. The van der Waals surface area contributed by atoms with E-state index in [4.69, 9.17) is 15.2 Å². The number of benzene rings is 1. The number of nitrogens with two attached hydrogens (primary N) is 1. The van der Waals surface area contributed by atoms with Crippen molar-refractivity contribution in [3.8, 4) is 11.5 Å². The third-order valence-corrected chi connectivity index (χ3v) is 5.67. The van der Waals surface area contributed by atoms with Gasteiger partial charge in [0.05, 0.1) is 7.11 Å². The number of carbonyl (C=O) groups is 1. The quantitative estimate of drug-likeness (QED) is 0.696. The zero-order valence-corrected chi connectivity index (χ0v) is 16.8. The Labute approximate surface area is 168 Å². The van der Waals surface area contributed by atoms with Gasteiger partial charge in [-0.05, 0) is 61.6 Å². The number of amides is 1. The molecule has 2 fully saturated rings. The Morgan fingerprint density at radius 2 is 2.00 bits per heavy atom. The molecule has 0 saturated heterocycles. The van der Waals surface area contributed by atoms with E-state index in [2.05, 4.69) is 11.9 Å². The van der Waals surface area contributed by atoms with Crippen molar-refractivity contribution in [2.24, 2.45) is 17.6 Å². The summed E-state index contributed by atoms with van der Waals surface area (Å²) >= 11 is 0. The Balaban J connectivity index is 0.00000261. The van der Waals surface area contributed by atoms with Gasteiger partial charge in [-0.25, -0.2) is 0 Å². The minimum absolute atomic E-state index is 0. The van der Waals surface area contributed by atoms with E-state index in [1.165, 1.54) is 6.42 Å². The lowest BCUT2D eigenvalue weighted by Gasteiger charge is -2.45. The number of methoxy groups -OCH3 is 1. The summed E-state index contributed by atoms with van der Waals surface area (Å²) in [4.78, 5) is 12.4. The van der Waals surface area contributed by atoms with Gasteiger partial charge in [-0.3, -0.25) is 4.79 Å². The predicted molar refractivity (Wildman–Crippen MR) is 110 cm³/mol. The smallest absolute Gasteiger partial charge is 0.258 e. The number of allylic oxidation sites excluding steroid dienone is 1. The van der Waals surface area contributed by atoms with Crippen LogP contribution in [0.1, 0.15) is 37.7 Å². The van der Waals surface area contributed by atoms with Crippen molar-refractivity contribution < 1.29 is 14.3 Å². The molecule has 3 N–H and O–H groups in total. The Kier molecular flexibility index (Phi) is 7.99. The molecule has 2 unspecified atom stereocenters. The van der Waals surface area contributed by atoms with Gasteiger partial charge >= 0.3 is 0 Å². The van der Waals surface area contributed by atoms with E-state index < -0.39 is 0 Å². The van der Waals surface area contributed by atoms with Crippen molar-refractivity contribution in [2.45, 2.75) is 50.6 Å². The molecule has 2 bridgehead atoms. The summed E-state index contributed by atoms with van der Waals surface area (Å²) in [7, 11) is 1.60. The maximum absolute atomic E-state index is 12.4. The van der Waals surface area contributed by atoms with Gasteiger partial charge in [0.25, 0.3) is 5.91 Å². The van der Waals surface area contributed by atoms with Crippen LogP contribution >= 0.6 is 12.4 Å². The van der Waals surface area contributed by atoms with E-state index in [0.717, 1.165) is 37.7 Å². The standard InChI is InChI=1S/C21H30N2O3.ClH/c1-3-5-14-8-9-18(19(10-14)25-2)26-13-20(24)23-21-15-6-4-7-16(21)12-17(22)11-15;/h3,8-10,15-17,21H,1,4-7,11-13,22H2,2H3,(H,23,24);1H. The minimum atomic E-state index is -0.0698. The lowest BCUT2D eigenvalue weighted by atomic mass is 9.67. The molecule has 2 aliphatic carbocycles. The van der Waals surface area contributed by atoms with Crippen LogP contribution in [0.4, 0.5) is 0 Å². The van der Waals surface area contributed by atoms with E-state index in [9.17, 15) is 4.79 Å². The van der Waals surface area contributed by atoms with E-state index in [0.29, 0.717) is 23.3 Å². The molecular weight excluding hydrogens is 364 g/mol. The highest BCUT2D eigenvalue weighted by Crippen LogP contribution is 2.39. The zero-order valence-electron chi connectivity index (χ0n) is 16.0. The largest absolute Gasteiger partial charge is 0.493 e. The van der Waals surface area contributed by atoms with Gasteiger partial charge in [0.2, 0.25) is 0 Å². The number of fused-ring (bicyclic) bond motifs is 2. The van der Waals surface area contributed by atoms with E-state index in [-0.39, 0.29) is 37.0 Å². The maximum atomic E-state index is 12.4. The van der Waals surface area contributed by atoms with Crippen LogP contribution < -0.4 is 20.5 Å². The zero-order chi connectivity index (χ0) is 18.5. The van der Waals surface area contributed by atoms with Gasteiger partial charge in [0.1, 0.15) is 0 Å². The second kappa shape index (κ2) is 10.00. The number of ether oxygens (including phenoxy) is 2. The second-order valence-electron chi connectivity index (χ2n) is 7.54. The van der Waals surface area contributed by atoms with Crippen molar-refractivity contribution in [3.05, 3.63) is 36.4 Å². The summed E-state index contributed by atoms with van der Waals surface area (Å²) in [5, 5.41) is 3.21. The fourth-order valence-corrected chi connectivity index (χ4v) is 4.52. The molecule has 1 aromatic carbocycles. The minimum Gasteiger partial charge on any atom is -0.493 e. The number of nitrogens with one attached hydrogen (secondary N) is 1. The lowest BCUT2D eigenvalue weighted by Crippen LogP contribution is -2.54. The summed E-state index contributed by atoms with van der Waals surface area (Å²) in [5.74, 6) is 2.17. The molecule has 0 spiro atoms. The van der Waals surface area contributed by atoms with Crippen LogP contribution in [-0.4, -0.2) is 31.7 Å². The first-order chi connectivity index (χ1) is 12.6. The van der Waals surface area contributed by atoms with E-state index in [1.807, 2.05) is 24.3 Å². The summed E-state index contributed by atoms with van der Waals surface area (Å²) in [6, 6.07) is 6.26. The van der Waals surface area contributed by atoms with Crippen LogP contribution in [0.3, 0.4) is 0 Å². The molecule has 0 heterocycles. The Bertz CT molecular complexity index is 638. The molecule has 3 rings (SSSR count). The monoisotopic (exact) mass is 394 g/mol. The van der Waals surface area contributed by atoms with Crippen molar-refractivity contribution in [2.75, 3.05) is 13.7 Å². The number of hydrogen-bond acceptors (Lipinski definition) is 4. The Morgan fingerprint density at radius 3 is 2.63 bits per heavy atom. The van der Waals surface area contributed by atoms with E-state index in [1.54, 1.807) is 7.11 Å². The topological polar surface area (TPSA) is 73.6 Å². The normalized spacial score (nSPS) is 26.4. The number of halogens is 1. The summed E-state index contributed by atoms with van der Waals surface area (Å²) in [6.07, 6.45) is 8.21. The summed E-state index contributed by atoms with van der Waals surface area (Å²) in [5.41, 5.74) is 7.26. The van der Waals surface area contributed by atoms with Crippen molar-refractivity contribution >= 4 is 18.3 Å². The van der Waals surface area contributed by atoms with Gasteiger partial charge < -0.3 is 20.5 Å². The van der Waals surface area contributed by atoms with Gasteiger partial charge in [-0.2, -0.15) is 0 Å². The summed E-state index contributed by atoms with van der Waals surface area (Å²) in [6.45, 7) is 3.74. The number of rotatable bonds is 7. The molecule has 1 amide bonds.